The molecule has 0 heterocycles. The Kier molecular flexibility index (Phi) is 7.28. The van der Waals surface area contributed by atoms with E-state index in [2.05, 4.69) is 72.6 Å². The van der Waals surface area contributed by atoms with Gasteiger partial charge in [0.25, 0.3) is 0 Å². The fourth-order valence-corrected chi connectivity index (χ4v) is 4.06. The van der Waals surface area contributed by atoms with Crippen LogP contribution in [0.2, 0.25) is 0 Å². The van der Waals surface area contributed by atoms with Crippen LogP contribution in [0.1, 0.15) is 55.0 Å². The minimum atomic E-state index is 0.389. The molecule has 0 saturated carbocycles. The van der Waals surface area contributed by atoms with Gasteiger partial charge in [-0.3, -0.25) is 0 Å². The van der Waals surface area contributed by atoms with Gasteiger partial charge in [-0.15, -0.1) is 0 Å². The Balaban J connectivity index is 1.73. The van der Waals surface area contributed by atoms with Crippen LogP contribution in [0, 0.1) is 0 Å². The summed E-state index contributed by atoms with van der Waals surface area (Å²) in [7, 11) is 0. The Morgan fingerprint density at radius 1 is 0.923 bits per heavy atom. The van der Waals surface area contributed by atoms with Gasteiger partial charge in [0.05, 0.1) is 0 Å². The molecule has 2 aromatic rings. The molecule has 0 aromatic heterocycles. The maximum atomic E-state index is 3.85. The molecule has 1 aliphatic rings. The van der Waals surface area contributed by atoms with E-state index in [0.29, 0.717) is 6.04 Å². The fraction of sp³-hybridized carbons (Fsp3) is 0.500. The van der Waals surface area contributed by atoms with Gasteiger partial charge in [0.2, 0.25) is 0 Å². The Morgan fingerprint density at radius 3 is 2.38 bits per heavy atom. The number of likely N-dealkylation sites (N-methyl/N-ethyl adjacent to an activating group) is 1. The number of hydrogen-bond acceptors (Lipinski definition) is 2. The minimum Gasteiger partial charge on any atom is -0.308 e. The van der Waals surface area contributed by atoms with Crippen molar-refractivity contribution in [2.24, 2.45) is 0 Å². The van der Waals surface area contributed by atoms with Gasteiger partial charge in [-0.25, -0.2) is 0 Å². The molecule has 26 heavy (non-hydrogen) atoms. The summed E-state index contributed by atoms with van der Waals surface area (Å²) in [6.07, 6.45) is 6.25. The van der Waals surface area contributed by atoms with Gasteiger partial charge in [0.1, 0.15) is 0 Å². The van der Waals surface area contributed by atoms with Gasteiger partial charge >= 0.3 is 0 Å². The Bertz CT molecular complexity index is 661. The van der Waals surface area contributed by atoms with E-state index in [-0.39, 0.29) is 0 Å². The molecule has 1 atom stereocenters. The second-order valence-electron chi connectivity index (χ2n) is 7.46. The van der Waals surface area contributed by atoms with Gasteiger partial charge in [-0.1, -0.05) is 62.4 Å². The third-order valence-electron chi connectivity index (χ3n) is 5.77. The summed E-state index contributed by atoms with van der Waals surface area (Å²) in [6.45, 7) is 8.89. The van der Waals surface area contributed by atoms with Crippen LogP contribution in [0.3, 0.4) is 0 Å². The van der Waals surface area contributed by atoms with Gasteiger partial charge < -0.3 is 10.2 Å². The van der Waals surface area contributed by atoms with Crippen molar-refractivity contribution in [3.05, 3.63) is 70.8 Å². The molecule has 140 valence electrons. The third-order valence-corrected chi connectivity index (χ3v) is 5.77. The van der Waals surface area contributed by atoms with Crippen molar-refractivity contribution >= 4 is 0 Å². The lowest BCUT2D eigenvalue weighted by Crippen LogP contribution is -2.34. The lowest BCUT2D eigenvalue weighted by atomic mass is 9.88. The molecule has 3 rings (SSSR count). The van der Waals surface area contributed by atoms with Crippen LogP contribution < -0.4 is 5.32 Å². The van der Waals surface area contributed by atoms with Crippen LogP contribution in [0.5, 0.6) is 0 Å². The van der Waals surface area contributed by atoms with Crippen molar-refractivity contribution in [2.75, 3.05) is 26.2 Å². The first-order valence-corrected chi connectivity index (χ1v) is 10.4. The maximum Gasteiger partial charge on any atom is 0.0361 e. The highest BCUT2D eigenvalue weighted by Crippen LogP contribution is 2.26. The van der Waals surface area contributed by atoms with E-state index in [0.717, 1.165) is 32.6 Å². The first-order valence-electron chi connectivity index (χ1n) is 10.4. The highest BCUT2D eigenvalue weighted by Gasteiger charge is 2.16. The predicted molar refractivity (Wildman–Crippen MR) is 112 cm³/mol. The lowest BCUT2D eigenvalue weighted by molar-refractivity contribution is 0.296. The lowest BCUT2D eigenvalue weighted by Gasteiger charge is -2.25. The second-order valence-corrected chi connectivity index (χ2v) is 7.46. The second kappa shape index (κ2) is 9.89. The van der Waals surface area contributed by atoms with E-state index >= 15 is 0 Å². The standard InChI is InChI=1S/C24H34N2/c1-3-26(4-2)17-16-25-24(18-20-10-6-5-7-11-20)23-15-14-21-12-8-9-13-22(21)19-23/h5-7,10-11,14-15,19,24-25H,3-4,8-9,12-13,16-18H2,1-2H3/t24-/m0/s1. The van der Waals surface area contributed by atoms with E-state index in [9.17, 15) is 0 Å². The largest absolute Gasteiger partial charge is 0.308 e. The van der Waals surface area contributed by atoms with Crippen LogP contribution in [-0.2, 0) is 19.3 Å². The molecule has 0 unspecified atom stereocenters. The topological polar surface area (TPSA) is 15.3 Å². The first kappa shape index (κ1) is 19.1. The van der Waals surface area contributed by atoms with Gasteiger partial charge in [-0.2, -0.15) is 0 Å². The molecule has 2 nitrogen and oxygen atoms in total. The highest BCUT2D eigenvalue weighted by atomic mass is 15.1. The van der Waals surface area contributed by atoms with Crippen molar-refractivity contribution in [3.63, 3.8) is 0 Å². The average Bonchev–Trinajstić information content (AvgIpc) is 2.71. The highest BCUT2D eigenvalue weighted by molar-refractivity contribution is 5.36. The number of nitrogens with zero attached hydrogens (tertiary/aromatic N) is 1. The smallest absolute Gasteiger partial charge is 0.0361 e. The average molecular weight is 351 g/mol. The van der Waals surface area contributed by atoms with Crippen molar-refractivity contribution in [1.82, 2.24) is 10.2 Å². The molecule has 2 aromatic carbocycles. The SMILES string of the molecule is CCN(CC)CCN[C@@H](Cc1ccccc1)c1ccc2c(c1)CCCC2. The zero-order valence-electron chi connectivity index (χ0n) is 16.5. The summed E-state index contributed by atoms with van der Waals surface area (Å²) in [6, 6.07) is 18.5. The summed E-state index contributed by atoms with van der Waals surface area (Å²) < 4.78 is 0. The molecule has 2 heteroatoms. The quantitative estimate of drug-likeness (QED) is 0.700. The number of nitrogens with one attached hydrogen (secondary N) is 1. The van der Waals surface area contributed by atoms with E-state index in [1.807, 2.05) is 0 Å². The van der Waals surface area contributed by atoms with Crippen LogP contribution in [0.15, 0.2) is 48.5 Å². The summed E-state index contributed by atoms with van der Waals surface area (Å²) in [4.78, 5) is 2.49. The molecule has 0 saturated heterocycles. The number of fused-ring (bicyclic) bond motifs is 1. The molecule has 0 amide bonds. The molecular formula is C24H34N2. The molecular weight excluding hydrogens is 316 g/mol. The normalized spacial score (nSPS) is 15.0. The zero-order valence-corrected chi connectivity index (χ0v) is 16.5. The van der Waals surface area contributed by atoms with Crippen LogP contribution in [-0.4, -0.2) is 31.1 Å². The van der Waals surface area contributed by atoms with E-state index in [4.69, 9.17) is 0 Å². The van der Waals surface area contributed by atoms with Crippen molar-refractivity contribution in [2.45, 2.75) is 52.0 Å². The van der Waals surface area contributed by atoms with Gasteiger partial charge in [0, 0.05) is 19.1 Å². The Hall–Kier alpha value is -1.64. The fourth-order valence-electron chi connectivity index (χ4n) is 4.06. The Labute approximate surface area is 159 Å². The van der Waals surface area contributed by atoms with E-state index in [1.165, 1.54) is 36.8 Å². The molecule has 0 fully saturated rings. The summed E-state index contributed by atoms with van der Waals surface area (Å²) >= 11 is 0. The van der Waals surface area contributed by atoms with Crippen molar-refractivity contribution < 1.29 is 0 Å². The number of aryl methyl sites for hydroxylation is 2. The molecule has 0 aliphatic heterocycles. The van der Waals surface area contributed by atoms with Gasteiger partial charge in [0.15, 0.2) is 0 Å². The van der Waals surface area contributed by atoms with E-state index < -0.39 is 0 Å². The maximum absolute atomic E-state index is 3.85. The van der Waals surface area contributed by atoms with Crippen molar-refractivity contribution in [1.29, 1.82) is 0 Å². The van der Waals surface area contributed by atoms with Gasteiger partial charge in [-0.05, 0) is 67.4 Å². The number of benzene rings is 2. The first-order chi connectivity index (χ1) is 12.8. The predicted octanol–water partition coefficient (Wildman–Crippen LogP) is 4.78. The summed E-state index contributed by atoms with van der Waals surface area (Å²) in [5.74, 6) is 0. The van der Waals surface area contributed by atoms with Crippen molar-refractivity contribution in [3.8, 4) is 0 Å². The minimum absolute atomic E-state index is 0.389. The molecule has 0 radical (unpaired) electrons. The molecule has 1 N–H and O–H groups in total. The third kappa shape index (κ3) is 5.18. The van der Waals surface area contributed by atoms with Crippen LogP contribution in [0.4, 0.5) is 0 Å². The van der Waals surface area contributed by atoms with E-state index in [1.54, 1.807) is 11.1 Å². The number of rotatable bonds is 9. The summed E-state index contributed by atoms with van der Waals surface area (Å²) in [5.41, 5.74) is 6.01. The summed E-state index contributed by atoms with van der Waals surface area (Å²) in [5, 5.41) is 3.85. The molecule has 0 spiro atoms. The number of hydrogen-bond donors (Lipinski definition) is 1. The van der Waals surface area contributed by atoms with Crippen LogP contribution >= 0.6 is 0 Å². The molecule has 0 bridgehead atoms. The van der Waals surface area contributed by atoms with Crippen LogP contribution in [0.25, 0.3) is 0 Å². The molecule has 1 aliphatic carbocycles. The zero-order chi connectivity index (χ0) is 18.2. The monoisotopic (exact) mass is 350 g/mol. The Morgan fingerprint density at radius 2 is 1.65 bits per heavy atom.